The van der Waals surface area contributed by atoms with Crippen molar-refractivity contribution in [3.8, 4) is 0 Å². The first kappa shape index (κ1) is 22.4. The summed E-state index contributed by atoms with van der Waals surface area (Å²) in [6.07, 6.45) is 2.34. The van der Waals surface area contributed by atoms with Crippen LogP contribution in [-0.2, 0) is 10.1 Å². The van der Waals surface area contributed by atoms with Gasteiger partial charge in [-0.25, -0.2) is 0 Å². The molecular formula is C15H11N6NaO4S. The van der Waals surface area contributed by atoms with E-state index in [2.05, 4.69) is 20.1 Å². The van der Waals surface area contributed by atoms with E-state index >= 15 is 0 Å². The predicted molar refractivity (Wildman–Crippen MR) is 94.8 cm³/mol. The van der Waals surface area contributed by atoms with E-state index in [1.807, 2.05) is 0 Å². The number of allylic oxidation sites excluding steroid dienone is 1. The van der Waals surface area contributed by atoms with E-state index in [0.29, 0.717) is 5.69 Å². The summed E-state index contributed by atoms with van der Waals surface area (Å²) in [7, 11) is -4.59. The minimum Gasteiger partial charge on any atom is -1.00 e. The molecule has 2 aromatic carbocycles. The van der Waals surface area contributed by atoms with Gasteiger partial charge in [0.25, 0.3) is 10.1 Å². The number of azide groups is 2. The molecule has 0 spiro atoms. The van der Waals surface area contributed by atoms with Gasteiger partial charge in [0.2, 0.25) is 0 Å². The molecule has 0 saturated heterocycles. The van der Waals surface area contributed by atoms with E-state index in [9.17, 15) is 17.8 Å². The summed E-state index contributed by atoms with van der Waals surface area (Å²) in [6, 6.07) is 9.44. The summed E-state index contributed by atoms with van der Waals surface area (Å²) in [4.78, 5) is 16.8. The third-order valence-corrected chi connectivity index (χ3v) is 4.07. The summed E-state index contributed by atoms with van der Waals surface area (Å²) in [6.45, 7) is 0. The minimum atomic E-state index is -4.59. The van der Waals surface area contributed by atoms with Crippen LogP contribution in [0.5, 0.6) is 0 Å². The van der Waals surface area contributed by atoms with E-state index < -0.39 is 20.8 Å². The van der Waals surface area contributed by atoms with Gasteiger partial charge < -0.3 is 1.43 Å². The van der Waals surface area contributed by atoms with Gasteiger partial charge in [-0.15, -0.1) is 0 Å². The molecule has 0 fully saturated rings. The van der Waals surface area contributed by atoms with Gasteiger partial charge >= 0.3 is 29.6 Å². The average molecular weight is 394 g/mol. The molecule has 0 aliphatic carbocycles. The Morgan fingerprint density at radius 2 is 1.59 bits per heavy atom. The van der Waals surface area contributed by atoms with E-state index in [4.69, 9.17) is 11.1 Å². The fourth-order valence-corrected chi connectivity index (χ4v) is 2.71. The maximum Gasteiger partial charge on any atom is 1.00 e. The molecule has 0 heterocycles. The van der Waals surface area contributed by atoms with Crippen LogP contribution >= 0.6 is 0 Å². The van der Waals surface area contributed by atoms with E-state index in [-0.39, 0.29) is 47.8 Å². The second kappa shape index (κ2) is 9.91. The molecule has 0 unspecified atom stereocenters. The number of hydrogen-bond donors (Lipinski definition) is 1. The van der Waals surface area contributed by atoms with Crippen LogP contribution in [0, 0.1) is 0 Å². The summed E-state index contributed by atoms with van der Waals surface area (Å²) >= 11 is 0. The number of hydrogen-bond acceptors (Lipinski definition) is 5. The fraction of sp³-hybridized carbons (Fsp3) is 0. The first-order valence-electron chi connectivity index (χ1n) is 6.89. The van der Waals surface area contributed by atoms with E-state index in [1.54, 1.807) is 0 Å². The van der Waals surface area contributed by atoms with Crippen molar-refractivity contribution in [3.05, 3.63) is 80.6 Å². The molecule has 0 radical (unpaired) electrons. The second-order valence-corrected chi connectivity index (χ2v) is 6.21. The van der Waals surface area contributed by atoms with Gasteiger partial charge in [0, 0.05) is 26.8 Å². The molecule has 10 nitrogen and oxygen atoms in total. The zero-order valence-corrected chi connectivity index (χ0v) is 16.8. The van der Waals surface area contributed by atoms with Crippen molar-refractivity contribution in [2.24, 2.45) is 10.2 Å². The van der Waals surface area contributed by atoms with Gasteiger partial charge in [-0.3, -0.25) is 9.35 Å². The Labute approximate surface area is 177 Å². The molecule has 0 aliphatic heterocycles. The van der Waals surface area contributed by atoms with Crippen molar-refractivity contribution >= 4 is 33.4 Å². The molecule has 0 aliphatic rings. The van der Waals surface area contributed by atoms with Crippen LogP contribution in [-0.4, -0.2) is 18.8 Å². The summed E-state index contributed by atoms with van der Waals surface area (Å²) in [5.74, 6) is -0.433. The van der Waals surface area contributed by atoms with Gasteiger partial charge in [-0.2, -0.15) is 8.42 Å². The molecule has 0 atom stereocenters. The summed E-state index contributed by atoms with van der Waals surface area (Å²) in [5, 5.41) is 6.65. The van der Waals surface area contributed by atoms with Crippen molar-refractivity contribution in [1.82, 2.24) is 0 Å². The van der Waals surface area contributed by atoms with Crippen LogP contribution in [0.25, 0.3) is 27.0 Å². The molecule has 2 aromatic rings. The van der Waals surface area contributed by atoms with Gasteiger partial charge in [0.1, 0.15) is 4.90 Å². The fourth-order valence-electron chi connectivity index (χ4n) is 2.00. The Balaban J connectivity index is 0.00000364. The number of carbonyl (C=O) groups excluding carboxylic acids is 1. The number of rotatable bonds is 6. The smallest absolute Gasteiger partial charge is 1.00 e. The first-order valence-corrected chi connectivity index (χ1v) is 8.33. The molecule has 0 amide bonds. The van der Waals surface area contributed by atoms with Gasteiger partial charge in [0.15, 0.2) is 5.78 Å². The Bertz CT molecular complexity index is 1090. The van der Waals surface area contributed by atoms with Crippen LogP contribution in [0.15, 0.2) is 63.7 Å². The zero-order valence-electron chi connectivity index (χ0n) is 15.0. The quantitative estimate of drug-likeness (QED) is 0.150. The summed E-state index contributed by atoms with van der Waals surface area (Å²) in [5.41, 5.74) is 17.4. The van der Waals surface area contributed by atoms with Crippen molar-refractivity contribution in [1.29, 1.82) is 0 Å². The van der Waals surface area contributed by atoms with Crippen molar-refractivity contribution < 1.29 is 48.7 Å². The molecule has 0 saturated carbocycles. The van der Waals surface area contributed by atoms with Crippen LogP contribution in [0.3, 0.4) is 0 Å². The second-order valence-electron chi connectivity index (χ2n) is 4.82. The molecule has 12 heteroatoms. The molecule has 0 bridgehead atoms. The number of ketones is 1. The molecule has 2 rings (SSSR count). The molecule has 132 valence electrons. The Morgan fingerprint density at radius 1 is 1.04 bits per heavy atom. The SMILES string of the molecule is [H-].[N-]=[N+]=Nc1ccc(C(=O)/C=C/c2ccc(N=[N+]=[N-])cc2S(=O)(=O)O)cc1.[Na+]. The largest absolute Gasteiger partial charge is 1.00 e. The minimum absolute atomic E-state index is 0. The number of nitrogens with zero attached hydrogens (tertiary/aromatic N) is 6. The first-order chi connectivity index (χ1) is 12.3. The van der Waals surface area contributed by atoms with Crippen molar-refractivity contribution in [2.45, 2.75) is 4.90 Å². The van der Waals surface area contributed by atoms with Crippen LogP contribution in [0.2, 0.25) is 0 Å². The third kappa shape index (κ3) is 6.24. The number of benzene rings is 2. The predicted octanol–water partition coefficient (Wildman–Crippen LogP) is 1.83. The Kier molecular flexibility index (Phi) is 8.23. The maximum absolute atomic E-state index is 12.1. The standard InChI is InChI=1S/C15H10N6O4S.Na.H/c16-20-18-12-5-1-10(2-6-12)14(22)8-4-11-3-7-13(19-21-17)9-15(11)26(23,24)25;;/h1-9H,(H,23,24,25);;/q;+1;-1/b8-4+;;. The Hall–Kier alpha value is -2.62. The number of carbonyl (C=O) groups is 1. The average Bonchev–Trinajstić information content (AvgIpc) is 2.60. The molecular weight excluding hydrogens is 383 g/mol. The van der Waals surface area contributed by atoms with Gasteiger partial charge in [-0.05, 0) is 34.8 Å². The van der Waals surface area contributed by atoms with Crippen LogP contribution < -0.4 is 29.6 Å². The summed E-state index contributed by atoms with van der Waals surface area (Å²) < 4.78 is 32.3. The normalized spacial score (nSPS) is 10.4. The van der Waals surface area contributed by atoms with Gasteiger partial charge in [-0.1, -0.05) is 46.6 Å². The van der Waals surface area contributed by atoms with Gasteiger partial charge in [0.05, 0.1) is 0 Å². The third-order valence-electron chi connectivity index (χ3n) is 3.16. The molecule has 0 aromatic heterocycles. The van der Waals surface area contributed by atoms with E-state index in [1.165, 1.54) is 42.5 Å². The molecule has 27 heavy (non-hydrogen) atoms. The van der Waals surface area contributed by atoms with Crippen molar-refractivity contribution in [3.63, 3.8) is 0 Å². The zero-order chi connectivity index (χ0) is 19.2. The Morgan fingerprint density at radius 3 is 2.15 bits per heavy atom. The monoisotopic (exact) mass is 394 g/mol. The maximum atomic E-state index is 12.1. The molecule has 1 N–H and O–H groups in total. The van der Waals surface area contributed by atoms with Crippen LogP contribution in [0.1, 0.15) is 17.3 Å². The van der Waals surface area contributed by atoms with Crippen molar-refractivity contribution in [2.75, 3.05) is 0 Å². The van der Waals surface area contributed by atoms with Crippen LogP contribution in [0.4, 0.5) is 11.4 Å². The topological polar surface area (TPSA) is 169 Å². The van der Waals surface area contributed by atoms with E-state index in [0.717, 1.165) is 12.1 Å².